The van der Waals surface area contributed by atoms with Crippen molar-refractivity contribution in [3.8, 4) is 0 Å². The maximum Gasteiger partial charge on any atom is 0.409 e. The van der Waals surface area contributed by atoms with E-state index in [0.717, 1.165) is 12.8 Å². The summed E-state index contributed by atoms with van der Waals surface area (Å²) in [4.78, 5) is 41.9. The number of alkyl halides is 1. The van der Waals surface area contributed by atoms with Crippen LogP contribution in [0.3, 0.4) is 0 Å². The van der Waals surface area contributed by atoms with E-state index in [1.807, 2.05) is 6.92 Å². The van der Waals surface area contributed by atoms with E-state index in [9.17, 15) is 19.5 Å². The number of unbranched alkanes of at least 4 members (excludes halogenated alkanes) is 1. The van der Waals surface area contributed by atoms with Crippen molar-refractivity contribution in [1.29, 1.82) is 0 Å². The highest BCUT2D eigenvalue weighted by Gasteiger charge is 2.62. The largest absolute Gasteiger partial charge is 0.479 e. The van der Waals surface area contributed by atoms with Crippen LogP contribution in [0.1, 0.15) is 33.1 Å². The summed E-state index contributed by atoms with van der Waals surface area (Å²) in [5.74, 6) is -0.946. The van der Waals surface area contributed by atoms with Crippen LogP contribution in [0.25, 0.3) is 0 Å². The number of urea groups is 1. The molecule has 3 amide bonds. The van der Waals surface area contributed by atoms with Gasteiger partial charge < -0.3 is 24.5 Å². The second-order valence-electron chi connectivity index (χ2n) is 6.96. The molecular weight excluding hydrogens is 374 g/mol. The van der Waals surface area contributed by atoms with Crippen molar-refractivity contribution >= 4 is 29.7 Å². The van der Waals surface area contributed by atoms with Gasteiger partial charge in [0.1, 0.15) is 0 Å². The van der Waals surface area contributed by atoms with Crippen molar-refractivity contribution in [3.05, 3.63) is 12.2 Å². The van der Waals surface area contributed by atoms with Crippen molar-refractivity contribution in [2.24, 2.45) is 0 Å². The molecule has 0 aromatic carbocycles. The molecule has 0 aromatic rings. The molecule has 0 aliphatic carbocycles. The van der Waals surface area contributed by atoms with Gasteiger partial charge in [-0.3, -0.25) is 0 Å². The molecule has 27 heavy (non-hydrogen) atoms. The number of carbonyl (C=O) groups is 3. The van der Waals surface area contributed by atoms with E-state index >= 15 is 0 Å². The highest BCUT2D eigenvalue weighted by atomic mass is 35.5. The van der Waals surface area contributed by atoms with Crippen molar-refractivity contribution < 1.29 is 24.2 Å². The Morgan fingerprint density at radius 3 is 2.63 bits per heavy atom. The molecule has 0 bridgehead atoms. The lowest BCUT2D eigenvalue weighted by atomic mass is 9.85. The zero-order chi connectivity index (χ0) is 20.2. The molecule has 2 aliphatic rings. The maximum atomic E-state index is 12.9. The molecule has 9 heteroatoms. The zero-order valence-corrected chi connectivity index (χ0v) is 16.7. The monoisotopic (exact) mass is 401 g/mol. The molecule has 2 heterocycles. The number of carbonyl (C=O) groups excluding carboxylic acids is 2. The average molecular weight is 402 g/mol. The summed E-state index contributed by atoms with van der Waals surface area (Å²) >= 11 is 5.80. The minimum Gasteiger partial charge on any atom is -0.479 e. The van der Waals surface area contributed by atoms with Crippen LogP contribution in [-0.2, 0) is 9.53 Å². The first-order valence-corrected chi connectivity index (χ1v) is 9.82. The molecule has 0 saturated carbocycles. The molecule has 0 aromatic heterocycles. The van der Waals surface area contributed by atoms with E-state index in [-0.39, 0.29) is 38.0 Å². The third kappa shape index (κ3) is 3.85. The number of halogens is 1. The smallest absolute Gasteiger partial charge is 0.409 e. The average Bonchev–Trinajstić information content (AvgIpc) is 2.90. The lowest BCUT2D eigenvalue weighted by molar-refractivity contribution is -0.151. The third-order valence-corrected chi connectivity index (χ3v) is 5.73. The van der Waals surface area contributed by atoms with Gasteiger partial charge in [-0.15, -0.1) is 11.6 Å². The van der Waals surface area contributed by atoms with E-state index in [0.29, 0.717) is 18.7 Å². The number of fused-ring (bicyclic) bond motifs is 1. The van der Waals surface area contributed by atoms with E-state index in [1.54, 1.807) is 11.8 Å². The molecule has 8 nitrogen and oxygen atoms in total. The van der Waals surface area contributed by atoms with Gasteiger partial charge in [0.2, 0.25) is 0 Å². The Hall–Kier alpha value is -1.96. The second kappa shape index (κ2) is 8.82. The Labute approximate surface area is 164 Å². The lowest BCUT2D eigenvalue weighted by Crippen LogP contribution is -2.63. The van der Waals surface area contributed by atoms with Crippen molar-refractivity contribution in [2.45, 2.75) is 44.7 Å². The van der Waals surface area contributed by atoms with E-state index in [4.69, 9.17) is 16.3 Å². The summed E-state index contributed by atoms with van der Waals surface area (Å²) in [5.41, 5.74) is -0.867. The van der Waals surface area contributed by atoms with Crippen LogP contribution in [0.15, 0.2) is 12.2 Å². The Kier molecular flexibility index (Phi) is 6.97. The third-order valence-electron chi connectivity index (χ3n) is 5.35. The van der Waals surface area contributed by atoms with E-state index in [1.165, 1.54) is 9.80 Å². The van der Waals surface area contributed by atoms with Crippen molar-refractivity contribution in [3.63, 3.8) is 0 Å². The summed E-state index contributed by atoms with van der Waals surface area (Å²) in [6.45, 7) is 8.67. The minimum atomic E-state index is -1.44. The number of rotatable bonds is 8. The molecule has 0 spiro atoms. The summed E-state index contributed by atoms with van der Waals surface area (Å²) in [7, 11) is 0. The Morgan fingerprint density at radius 1 is 1.37 bits per heavy atom. The molecule has 2 atom stereocenters. The van der Waals surface area contributed by atoms with Crippen LogP contribution in [-0.4, -0.2) is 88.1 Å². The minimum absolute atomic E-state index is 0.0798. The number of aliphatic carboxylic acids is 1. The fraction of sp³-hybridized carbons (Fsp3) is 0.722. The van der Waals surface area contributed by atoms with Gasteiger partial charge >= 0.3 is 18.1 Å². The Balaban J connectivity index is 2.27. The van der Waals surface area contributed by atoms with Crippen molar-refractivity contribution in [2.75, 3.05) is 38.7 Å². The van der Waals surface area contributed by atoms with Gasteiger partial charge in [0, 0.05) is 32.1 Å². The molecule has 0 radical (unpaired) electrons. The number of carboxylic acid groups (broad SMARTS) is 1. The van der Waals surface area contributed by atoms with Crippen LogP contribution in [0.2, 0.25) is 0 Å². The fourth-order valence-corrected chi connectivity index (χ4v) is 3.88. The predicted molar refractivity (Wildman–Crippen MR) is 101 cm³/mol. The van der Waals surface area contributed by atoms with Crippen molar-refractivity contribution in [1.82, 2.24) is 14.7 Å². The summed E-state index contributed by atoms with van der Waals surface area (Å²) in [6.07, 6.45) is 1.43. The lowest BCUT2D eigenvalue weighted by Gasteiger charge is -2.42. The Bertz CT molecular complexity index is 614. The number of carboxylic acids is 1. The number of hydrogen-bond donors (Lipinski definition) is 1. The number of amides is 3. The van der Waals surface area contributed by atoms with Crippen LogP contribution in [0.5, 0.6) is 0 Å². The summed E-state index contributed by atoms with van der Waals surface area (Å²) in [5, 5.41) is 10.1. The Morgan fingerprint density at radius 2 is 2.07 bits per heavy atom. The molecule has 152 valence electrons. The molecule has 2 unspecified atom stereocenters. The van der Waals surface area contributed by atoms with Gasteiger partial charge in [-0.05, 0) is 18.4 Å². The molecule has 1 N–H and O–H groups in total. The number of ether oxygens (including phenoxy) is 1. The first-order chi connectivity index (χ1) is 12.8. The summed E-state index contributed by atoms with van der Waals surface area (Å²) in [6, 6.07) is -1.00. The molecule has 2 fully saturated rings. The number of piperazine rings is 1. The molecular formula is C18H28ClN3O5. The highest BCUT2D eigenvalue weighted by molar-refractivity contribution is 6.19. The van der Waals surface area contributed by atoms with Crippen LogP contribution in [0.4, 0.5) is 9.59 Å². The van der Waals surface area contributed by atoms with E-state index in [2.05, 4.69) is 6.58 Å². The first kappa shape index (κ1) is 21.3. The maximum absolute atomic E-state index is 12.9. The van der Waals surface area contributed by atoms with Gasteiger partial charge in [0.15, 0.2) is 5.54 Å². The fourth-order valence-electron chi connectivity index (χ4n) is 3.80. The second-order valence-corrected chi connectivity index (χ2v) is 7.23. The first-order valence-electron chi connectivity index (χ1n) is 9.29. The van der Waals surface area contributed by atoms with Gasteiger partial charge in [-0.2, -0.15) is 0 Å². The van der Waals surface area contributed by atoms with Gasteiger partial charge in [-0.25, -0.2) is 14.4 Å². The van der Waals surface area contributed by atoms with Gasteiger partial charge in [-0.1, -0.05) is 26.8 Å². The van der Waals surface area contributed by atoms with Gasteiger partial charge in [0.25, 0.3) is 0 Å². The molecule has 2 saturated heterocycles. The topological polar surface area (TPSA) is 90.4 Å². The zero-order valence-electron chi connectivity index (χ0n) is 15.9. The molecule has 2 rings (SSSR count). The normalized spacial score (nSPS) is 24.8. The van der Waals surface area contributed by atoms with Crippen LogP contribution >= 0.6 is 11.6 Å². The quantitative estimate of drug-likeness (QED) is 0.383. The molecule has 2 aliphatic heterocycles. The highest BCUT2D eigenvalue weighted by Crippen LogP contribution is 2.39. The van der Waals surface area contributed by atoms with Gasteiger partial charge in [0.05, 0.1) is 12.6 Å². The summed E-state index contributed by atoms with van der Waals surface area (Å²) < 4.78 is 5.26. The standard InChI is InChI=1S/C18H28ClN3O5/c1-4-6-9-27-17(26)20-7-8-21-14(12-20)18(5-2,15(23)24)22(16(21)25)11-13(3)10-19/h14H,3-12H2,1-2H3,(H,23,24). The number of nitrogens with zero attached hydrogens (tertiary/aromatic N) is 3. The number of hydrogen-bond acceptors (Lipinski definition) is 4. The SMILES string of the molecule is C=C(CCl)CN1C(=O)N2CCN(C(=O)OCCCC)CC2C1(CC)C(=O)O. The van der Waals surface area contributed by atoms with Crippen LogP contribution in [0, 0.1) is 0 Å². The predicted octanol–water partition coefficient (Wildman–Crippen LogP) is 2.37. The van der Waals surface area contributed by atoms with E-state index < -0.39 is 23.6 Å². The van der Waals surface area contributed by atoms with Crippen LogP contribution < -0.4 is 0 Å².